The summed E-state index contributed by atoms with van der Waals surface area (Å²) in [7, 11) is 0. The van der Waals surface area contributed by atoms with Crippen molar-refractivity contribution in [2.45, 2.75) is 65.7 Å². The van der Waals surface area contributed by atoms with E-state index < -0.39 is 0 Å². The predicted molar refractivity (Wildman–Crippen MR) is 188 cm³/mol. The van der Waals surface area contributed by atoms with E-state index in [0.717, 1.165) is 61.3 Å². The molecule has 2 amide bonds. The Morgan fingerprint density at radius 3 is 2.35 bits per heavy atom. The van der Waals surface area contributed by atoms with Crippen LogP contribution in [-0.4, -0.2) is 54.5 Å². The van der Waals surface area contributed by atoms with E-state index in [1.807, 2.05) is 57.2 Å². The number of hydrogen-bond donors (Lipinski definition) is 3. The molecule has 0 bridgehead atoms. The smallest absolute Gasteiger partial charge is 0.253 e. The first kappa shape index (κ1) is 32.8. The summed E-state index contributed by atoms with van der Waals surface area (Å²) < 4.78 is 5.52. The van der Waals surface area contributed by atoms with E-state index in [9.17, 15) is 9.59 Å². The molecule has 0 fully saturated rings. The van der Waals surface area contributed by atoms with Gasteiger partial charge < -0.3 is 25.6 Å². The summed E-state index contributed by atoms with van der Waals surface area (Å²) in [6, 6.07) is 21.5. The minimum atomic E-state index is -0.142. The maximum atomic E-state index is 13.1. The van der Waals surface area contributed by atoms with Gasteiger partial charge in [-0.25, -0.2) is 0 Å². The van der Waals surface area contributed by atoms with Crippen LogP contribution in [0.2, 0.25) is 0 Å². The molecule has 0 aliphatic heterocycles. The van der Waals surface area contributed by atoms with E-state index in [-0.39, 0.29) is 18.2 Å². The van der Waals surface area contributed by atoms with Gasteiger partial charge >= 0.3 is 0 Å². The normalized spacial score (nSPS) is 12.3. The van der Waals surface area contributed by atoms with Crippen LogP contribution in [0.25, 0.3) is 10.9 Å². The van der Waals surface area contributed by atoms with E-state index >= 15 is 0 Å². The molecule has 242 valence electrons. The second-order valence-electron chi connectivity index (χ2n) is 11.7. The molecule has 0 saturated carbocycles. The van der Waals surface area contributed by atoms with Crippen molar-refractivity contribution in [1.82, 2.24) is 9.88 Å². The quantitative estimate of drug-likeness (QED) is 0.119. The number of unbranched alkanes of at least 4 members (excludes halogenated alkanes) is 1. The third-order valence-electron chi connectivity index (χ3n) is 8.58. The Labute approximate surface area is 272 Å². The Morgan fingerprint density at radius 2 is 1.59 bits per heavy atom. The zero-order valence-electron chi connectivity index (χ0n) is 27.5. The molecule has 3 N–H and O–H groups in total. The zero-order valence-corrected chi connectivity index (χ0v) is 27.5. The van der Waals surface area contributed by atoms with E-state index in [1.165, 1.54) is 35.2 Å². The van der Waals surface area contributed by atoms with Crippen LogP contribution in [0.4, 0.5) is 17.1 Å². The SMILES string of the molecule is CCOc1ccc(CC(=O)Nc2cc(C(=O)N(CC)CC)ccc2NCCCCNc2c3c(nc4ccccc24)CCCC3)cc1. The number of ether oxygens (including phenoxy) is 1. The average Bonchev–Trinajstić information content (AvgIpc) is 3.07. The van der Waals surface area contributed by atoms with Crippen LogP contribution in [0.1, 0.15) is 73.6 Å². The molecule has 1 aliphatic rings. The second kappa shape index (κ2) is 16.1. The number of aromatic nitrogens is 1. The number of pyridine rings is 1. The molecule has 5 rings (SSSR count). The first-order valence-electron chi connectivity index (χ1n) is 16.8. The van der Waals surface area contributed by atoms with Crippen LogP contribution < -0.4 is 20.7 Å². The Kier molecular flexibility index (Phi) is 11.5. The molecule has 1 aliphatic carbocycles. The summed E-state index contributed by atoms with van der Waals surface area (Å²) in [6.07, 6.45) is 6.70. The third-order valence-corrected chi connectivity index (χ3v) is 8.58. The van der Waals surface area contributed by atoms with Gasteiger partial charge in [0.05, 0.1) is 29.9 Å². The van der Waals surface area contributed by atoms with E-state index in [2.05, 4.69) is 40.2 Å². The monoisotopic (exact) mass is 621 g/mol. The molecule has 46 heavy (non-hydrogen) atoms. The van der Waals surface area contributed by atoms with Gasteiger partial charge in [-0.1, -0.05) is 30.3 Å². The number of amides is 2. The molecule has 0 atom stereocenters. The van der Waals surface area contributed by atoms with Gasteiger partial charge in [0, 0.05) is 48.5 Å². The van der Waals surface area contributed by atoms with Crippen LogP contribution in [0.15, 0.2) is 66.7 Å². The van der Waals surface area contributed by atoms with Gasteiger partial charge in [-0.05, 0) is 107 Å². The highest BCUT2D eigenvalue weighted by Crippen LogP contribution is 2.33. The van der Waals surface area contributed by atoms with Crippen LogP contribution in [0.3, 0.4) is 0 Å². The number of nitrogens with one attached hydrogen (secondary N) is 3. The highest BCUT2D eigenvalue weighted by atomic mass is 16.5. The summed E-state index contributed by atoms with van der Waals surface area (Å²) in [5, 5.41) is 11.5. The van der Waals surface area contributed by atoms with Gasteiger partial charge in [-0.2, -0.15) is 0 Å². The van der Waals surface area contributed by atoms with Crippen molar-refractivity contribution in [2.75, 3.05) is 48.7 Å². The molecule has 1 aromatic heterocycles. The van der Waals surface area contributed by atoms with Crippen molar-refractivity contribution in [2.24, 2.45) is 0 Å². The molecule has 1 heterocycles. The zero-order chi connectivity index (χ0) is 32.3. The van der Waals surface area contributed by atoms with Gasteiger partial charge in [0.2, 0.25) is 5.91 Å². The molecular weight excluding hydrogens is 574 g/mol. The number of carbonyl (C=O) groups is 2. The summed E-state index contributed by atoms with van der Waals surface area (Å²) in [5.41, 5.74) is 7.80. The summed E-state index contributed by atoms with van der Waals surface area (Å²) in [5.74, 6) is 0.594. The maximum Gasteiger partial charge on any atom is 0.253 e. The number of nitrogens with zero attached hydrogens (tertiary/aromatic N) is 2. The first-order chi connectivity index (χ1) is 22.5. The van der Waals surface area contributed by atoms with E-state index in [0.29, 0.717) is 30.9 Å². The largest absolute Gasteiger partial charge is 0.494 e. The van der Waals surface area contributed by atoms with Crippen molar-refractivity contribution < 1.29 is 14.3 Å². The number of anilines is 3. The number of rotatable bonds is 15. The van der Waals surface area contributed by atoms with Gasteiger partial charge in [-0.15, -0.1) is 0 Å². The summed E-state index contributed by atoms with van der Waals surface area (Å²) in [6.45, 7) is 9.33. The number of fused-ring (bicyclic) bond motifs is 2. The Morgan fingerprint density at radius 1 is 0.848 bits per heavy atom. The molecule has 4 aromatic rings. The number of carbonyl (C=O) groups excluding carboxylic acids is 2. The Balaban J connectivity index is 1.22. The fraction of sp³-hybridized carbons (Fsp3) is 0.395. The third kappa shape index (κ3) is 8.16. The lowest BCUT2D eigenvalue weighted by Gasteiger charge is -2.22. The van der Waals surface area contributed by atoms with Crippen molar-refractivity contribution in [3.05, 3.63) is 89.1 Å². The van der Waals surface area contributed by atoms with Gasteiger partial charge in [0.25, 0.3) is 5.91 Å². The van der Waals surface area contributed by atoms with Crippen LogP contribution in [0.5, 0.6) is 5.75 Å². The van der Waals surface area contributed by atoms with E-state index in [1.54, 1.807) is 11.0 Å². The fourth-order valence-corrected chi connectivity index (χ4v) is 6.14. The van der Waals surface area contributed by atoms with Crippen molar-refractivity contribution in [3.63, 3.8) is 0 Å². The van der Waals surface area contributed by atoms with Crippen molar-refractivity contribution in [3.8, 4) is 5.75 Å². The molecule has 0 spiro atoms. The standard InChI is InChI=1S/C38H47N5O3/c1-4-43(5-2)38(45)28-19-22-34(35(26-28)42-36(44)25-27-17-20-29(21-18-27)46-6-3)39-23-11-12-24-40-37-30-13-7-9-15-32(30)41-33-16-10-8-14-31(33)37/h7,9,13,15,17-22,26,39H,4-6,8,10-12,14,16,23-25H2,1-3H3,(H,40,41)(H,42,44). The molecule has 3 aromatic carbocycles. The highest BCUT2D eigenvalue weighted by Gasteiger charge is 2.18. The lowest BCUT2D eigenvalue weighted by atomic mass is 9.92. The lowest BCUT2D eigenvalue weighted by Crippen LogP contribution is -2.30. The van der Waals surface area contributed by atoms with Crippen molar-refractivity contribution in [1.29, 1.82) is 0 Å². The highest BCUT2D eigenvalue weighted by molar-refractivity contribution is 6.00. The summed E-state index contributed by atoms with van der Waals surface area (Å²) >= 11 is 0. The van der Waals surface area contributed by atoms with Crippen LogP contribution in [0, 0.1) is 0 Å². The molecule has 8 heteroatoms. The molecule has 0 saturated heterocycles. The van der Waals surface area contributed by atoms with Gasteiger partial charge in [-0.3, -0.25) is 14.6 Å². The number of hydrogen-bond acceptors (Lipinski definition) is 6. The predicted octanol–water partition coefficient (Wildman–Crippen LogP) is 7.48. The molecule has 0 radical (unpaired) electrons. The van der Waals surface area contributed by atoms with Crippen LogP contribution >= 0.6 is 0 Å². The number of aryl methyl sites for hydroxylation is 1. The lowest BCUT2D eigenvalue weighted by molar-refractivity contribution is -0.115. The van der Waals surface area contributed by atoms with Gasteiger partial charge in [0.1, 0.15) is 5.75 Å². The van der Waals surface area contributed by atoms with E-state index in [4.69, 9.17) is 9.72 Å². The topological polar surface area (TPSA) is 95.6 Å². The van der Waals surface area contributed by atoms with Gasteiger partial charge in [0.15, 0.2) is 0 Å². The summed E-state index contributed by atoms with van der Waals surface area (Å²) in [4.78, 5) is 33.0. The average molecular weight is 622 g/mol. The first-order valence-corrected chi connectivity index (χ1v) is 16.8. The number of benzene rings is 3. The minimum absolute atomic E-state index is 0.0459. The molecule has 0 unspecified atom stereocenters. The minimum Gasteiger partial charge on any atom is -0.494 e. The maximum absolute atomic E-state index is 13.1. The van der Waals surface area contributed by atoms with Crippen LogP contribution in [-0.2, 0) is 24.1 Å². The second-order valence-corrected chi connectivity index (χ2v) is 11.7. The fourth-order valence-electron chi connectivity index (χ4n) is 6.14. The number of para-hydroxylation sites is 1. The molecule has 8 nitrogen and oxygen atoms in total. The Hall–Kier alpha value is -4.59. The molecular formula is C38H47N5O3. The van der Waals surface area contributed by atoms with Crippen molar-refractivity contribution >= 4 is 39.8 Å². The Bertz CT molecular complexity index is 1630.